The lowest BCUT2D eigenvalue weighted by atomic mass is 9.91. The second-order valence-electron chi connectivity index (χ2n) is 6.74. The Kier molecular flexibility index (Phi) is 5.37. The summed E-state index contributed by atoms with van der Waals surface area (Å²) in [7, 11) is 1.94. The van der Waals surface area contributed by atoms with Crippen molar-refractivity contribution in [3.63, 3.8) is 0 Å². The van der Waals surface area contributed by atoms with E-state index in [1.807, 2.05) is 7.05 Å². The van der Waals surface area contributed by atoms with Gasteiger partial charge in [-0.05, 0) is 18.7 Å². The largest absolute Gasteiger partial charge is 0.478 e. The van der Waals surface area contributed by atoms with E-state index in [2.05, 4.69) is 9.88 Å². The second kappa shape index (κ2) is 7.76. The van der Waals surface area contributed by atoms with Gasteiger partial charge in [-0.3, -0.25) is 9.59 Å². The van der Waals surface area contributed by atoms with E-state index in [0.29, 0.717) is 26.2 Å². The number of benzene rings is 1. The maximum absolute atomic E-state index is 13.1. The van der Waals surface area contributed by atoms with Crippen molar-refractivity contribution in [2.45, 2.75) is 0 Å². The molecule has 0 atom stereocenters. The number of hydrogen-bond donors (Lipinski definition) is 4. The average Bonchev–Trinajstić information content (AvgIpc) is 2.66. The molecule has 1 aromatic heterocycles. The van der Waals surface area contributed by atoms with E-state index in [4.69, 9.17) is 5.73 Å². The molecule has 0 unspecified atom stereocenters. The van der Waals surface area contributed by atoms with Crippen molar-refractivity contribution in [1.29, 1.82) is 0 Å². The summed E-state index contributed by atoms with van der Waals surface area (Å²) < 4.78 is 0. The van der Waals surface area contributed by atoms with Gasteiger partial charge in [-0.25, -0.2) is 9.59 Å². The van der Waals surface area contributed by atoms with Gasteiger partial charge in [-0.15, -0.1) is 0 Å². The van der Waals surface area contributed by atoms with Crippen LogP contribution in [0.3, 0.4) is 0 Å². The molecule has 5 N–H and O–H groups in total. The van der Waals surface area contributed by atoms with Gasteiger partial charge < -0.3 is 30.7 Å². The van der Waals surface area contributed by atoms with Crippen LogP contribution in [0.25, 0.3) is 11.1 Å². The van der Waals surface area contributed by atoms with Crippen LogP contribution in [0, 0.1) is 0 Å². The number of carboxylic acids is 2. The Bertz CT molecular complexity index is 1050. The molecule has 10 heteroatoms. The average molecular weight is 400 g/mol. The number of aromatic carboxylic acids is 2. The first-order chi connectivity index (χ1) is 13.7. The number of amides is 1. The molecule has 29 heavy (non-hydrogen) atoms. The molecule has 1 amide bonds. The van der Waals surface area contributed by atoms with Crippen LogP contribution in [0.4, 0.5) is 5.82 Å². The van der Waals surface area contributed by atoms with Crippen LogP contribution >= 0.6 is 0 Å². The molecule has 0 bridgehead atoms. The summed E-state index contributed by atoms with van der Waals surface area (Å²) >= 11 is 0. The summed E-state index contributed by atoms with van der Waals surface area (Å²) in [4.78, 5) is 54.7. The lowest BCUT2D eigenvalue weighted by molar-refractivity contribution is 0.0658. The van der Waals surface area contributed by atoms with Gasteiger partial charge in [0.15, 0.2) is 0 Å². The van der Waals surface area contributed by atoms with Crippen LogP contribution in [-0.2, 0) is 0 Å². The van der Waals surface area contributed by atoms with Gasteiger partial charge in [0.1, 0.15) is 16.9 Å². The van der Waals surface area contributed by atoms with Crippen molar-refractivity contribution in [3.05, 3.63) is 51.3 Å². The number of H-pyrrole nitrogens is 1. The summed E-state index contributed by atoms with van der Waals surface area (Å²) in [6.07, 6.45) is 0. The van der Waals surface area contributed by atoms with Gasteiger partial charge in [0.2, 0.25) is 0 Å². The van der Waals surface area contributed by atoms with E-state index in [0.717, 1.165) is 0 Å². The Labute approximate surface area is 165 Å². The molecule has 10 nitrogen and oxygen atoms in total. The SMILES string of the molecule is CN1CCN(C(=O)c2ccccc2-c2c(C(=O)O)c(N)[nH]c(=O)c2C(=O)O)CC1. The number of nitrogens with two attached hydrogens (primary N) is 1. The monoisotopic (exact) mass is 400 g/mol. The number of nitrogen functional groups attached to an aromatic ring is 1. The topological polar surface area (TPSA) is 157 Å². The number of carbonyl (C=O) groups excluding carboxylic acids is 1. The van der Waals surface area contributed by atoms with Crippen molar-refractivity contribution < 1.29 is 24.6 Å². The standard InChI is InChI=1S/C19H20N4O6/c1-22-6-8-23(9-7-22)17(25)11-5-3-2-4-10(11)12-13(18(26)27)15(20)21-16(24)14(12)19(28)29/h2-5H,6-9H2,1H3,(H,26,27)(H,28,29)(H3,20,21,24). The molecule has 152 valence electrons. The fraction of sp³-hybridized carbons (Fsp3) is 0.263. The van der Waals surface area contributed by atoms with Gasteiger partial charge in [-0.2, -0.15) is 0 Å². The van der Waals surface area contributed by atoms with Gasteiger partial charge in [0.25, 0.3) is 11.5 Å². The van der Waals surface area contributed by atoms with Gasteiger partial charge in [-0.1, -0.05) is 18.2 Å². The molecule has 0 radical (unpaired) electrons. The third-order valence-electron chi connectivity index (χ3n) is 4.89. The number of nitrogens with one attached hydrogen (secondary N) is 1. The first kappa shape index (κ1) is 20.1. The lowest BCUT2D eigenvalue weighted by Crippen LogP contribution is -2.47. The minimum Gasteiger partial charge on any atom is -0.478 e. The molecule has 0 saturated carbocycles. The number of likely N-dealkylation sites (N-methyl/N-ethyl adjacent to an activating group) is 1. The highest BCUT2D eigenvalue weighted by Gasteiger charge is 2.30. The van der Waals surface area contributed by atoms with E-state index in [1.165, 1.54) is 18.2 Å². The number of rotatable bonds is 4. The summed E-state index contributed by atoms with van der Waals surface area (Å²) in [5, 5.41) is 19.2. The minimum absolute atomic E-state index is 0.0315. The Hall–Kier alpha value is -3.66. The molecule has 3 rings (SSSR count). The molecule has 2 heterocycles. The smallest absolute Gasteiger partial charge is 0.342 e. The molecule has 1 aromatic carbocycles. The Morgan fingerprint density at radius 2 is 1.59 bits per heavy atom. The fourth-order valence-electron chi connectivity index (χ4n) is 3.38. The zero-order valence-corrected chi connectivity index (χ0v) is 15.6. The molecule has 1 aliphatic heterocycles. The van der Waals surface area contributed by atoms with Crippen LogP contribution < -0.4 is 11.3 Å². The highest BCUT2D eigenvalue weighted by atomic mass is 16.4. The number of hydrogen-bond acceptors (Lipinski definition) is 6. The molecule has 2 aromatic rings. The van der Waals surface area contributed by atoms with Crippen LogP contribution in [0.15, 0.2) is 29.1 Å². The van der Waals surface area contributed by atoms with E-state index in [-0.39, 0.29) is 22.6 Å². The number of aromatic nitrogens is 1. The normalized spacial score (nSPS) is 14.6. The van der Waals surface area contributed by atoms with E-state index < -0.39 is 34.4 Å². The zero-order chi connectivity index (χ0) is 21.3. The summed E-state index contributed by atoms with van der Waals surface area (Å²) in [5.74, 6) is -3.99. The molecule has 0 spiro atoms. The van der Waals surface area contributed by atoms with Crippen molar-refractivity contribution in [3.8, 4) is 11.1 Å². The summed E-state index contributed by atoms with van der Waals surface area (Å²) in [6, 6.07) is 6.01. The molecule has 0 aliphatic carbocycles. The fourth-order valence-corrected chi connectivity index (χ4v) is 3.38. The zero-order valence-electron chi connectivity index (χ0n) is 15.6. The number of carbonyl (C=O) groups is 3. The van der Waals surface area contributed by atoms with E-state index in [1.54, 1.807) is 11.0 Å². The first-order valence-electron chi connectivity index (χ1n) is 8.82. The van der Waals surface area contributed by atoms with Crippen molar-refractivity contribution in [2.24, 2.45) is 0 Å². The number of carboxylic acid groups (broad SMARTS) is 2. The maximum Gasteiger partial charge on any atom is 0.342 e. The third-order valence-corrected chi connectivity index (χ3v) is 4.89. The summed E-state index contributed by atoms with van der Waals surface area (Å²) in [6.45, 7) is 2.29. The molecule has 1 aliphatic rings. The number of aromatic amines is 1. The second-order valence-corrected chi connectivity index (χ2v) is 6.74. The predicted octanol–water partition coefficient (Wildman–Crippen LogP) is 0.408. The number of anilines is 1. The summed E-state index contributed by atoms with van der Waals surface area (Å²) in [5.41, 5.74) is 3.04. The predicted molar refractivity (Wildman–Crippen MR) is 104 cm³/mol. The Morgan fingerprint density at radius 3 is 2.17 bits per heavy atom. The minimum atomic E-state index is -1.62. The highest BCUT2D eigenvalue weighted by molar-refractivity contribution is 6.11. The van der Waals surface area contributed by atoms with Crippen molar-refractivity contribution >= 4 is 23.7 Å². The molecule has 1 saturated heterocycles. The number of pyridine rings is 1. The quantitative estimate of drug-likeness (QED) is 0.575. The van der Waals surface area contributed by atoms with Crippen molar-refractivity contribution in [2.75, 3.05) is 39.0 Å². The van der Waals surface area contributed by atoms with Crippen molar-refractivity contribution in [1.82, 2.24) is 14.8 Å². The van der Waals surface area contributed by atoms with Gasteiger partial charge >= 0.3 is 11.9 Å². The van der Waals surface area contributed by atoms with Crippen LogP contribution in [-0.4, -0.2) is 76.1 Å². The van der Waals surface area contributed by atoms with Crippen LogP contribution in [0.1, 0.15) is 31.1 Å². The van der Waals surface area contributed by atoms with E-state index in [9.17, 15) is 29.4 Å². The first-order valence-corrected chi connectivity index (χ1v) is 8.82. The maximum atomic E-state index is 13.1. The van der Waals surface area contributed by atoms with Crippen LogP contribution in [0.5, 0.6) is 0 Å². The Balaban J connectivity index is 2.25. The third kappa shape index (κ3) is 3.69. The molecular weight excluding hydrogens is 380 g/mol. The molecule has 1 fully saturated rings. The van der Waals surface area contributed by atoms with E-state index >= 15 is 0 Å². The number of nitrogens with zero attached hydrogens (tertiary/aromatic N) is 2. The Morgan fingerprint density at radius 1 is 1.00 bits per heavy atom. The van der Waals surface area contributed by atoms with Gasteiger partial charge in [0, 0.05) is 37.3 Å². The number of piperazine rings is 1. The molecular formula is C19H20N4O6. The lowest BCUT2D eigenvalue weighted by Gasteiger charge is -2.33. The van der Waals surface area contributed by atoms with Crippen LogP contribution in [0.2, 0.25) is 0 Å². The van der Waals surface area contributed by atoms with Gasteiger partial charge in [0.05, 0.1) is 0 Å². The highest BCUT2D eigenvalue weighted by Crippen LogP contribution is 2.32.